The average Bonchev–Trinajstić information content (AvgIpc) is 2.70. The van der Waals surface area contributed by atoms with Gasteiger partial charge in [0.25, 0.3) is 0 Å². The highest BCUT2D eigenvalue weighted by molar-refractivity contribution is 5.87. The van der Waals surface area contributed by atoms with Gasteiger partial charge >= 0.3 is 0 Å². The summed E-state index contributed by atoms with van der Waals surface area (Å²) in [5, 5.41) is 6.07. The average molecular weight is 364 g/mol. The topological polar surface area (TPSA) is 33.7 Å². The summed E-state index contributed by atoms with van der Waals surface area (Å²) < 4.78 is 11.2. The first-order valence-corrected chi connectivity index (χ1v) is 9.20. The molecule has 0 aliphatic carbocycles. The van der Waals surface area contributed by atoms with Gasteiger partial charge in [-0.25, -0.2) is 0 Å². The number of nitrogens with one attached hydrogen (secondary N) is 1. The van der Waals surface area contributed by atoms with Crippen LogP contribution < -0.4 is 14.8 Å². The Balaban J connectivity index is 1.81. The molecular formula is C23H28N2O2. The van der Waals surface area contributed by atoms with Crippen molar-refractivity contribution in [2.45, 2.75) is 12.6 Å². The Labute approximate surface area is 161 Å². The van der Waals surface area contributed by atoms with Gasteiger partial charge in [0, 0.05) is 24.2 Å². The molecule has 4 heteroatoms. The molecule has 0 bridgehead atoms. The second-order valence-electron chi connectivity index (χ2n) is 6.82. The minimum atomic E-state index is 0.210. The van der Waals surface area contributed by atoms with Crippen LogP contribution in [0.15, 0.2) is 60.7 Å². The van der Waals surface area contributed by atoms with Gasteiger partial charge in [0.15, 0.2) is 0 Å². The third kappa shape index (κ3) is 4.24. The van der Waals surface area contributed by atoms with Gasteiger partial charge in [-0.1, -0.05) is 48.5 Å². The summed E-state index contributed by atoms with van der Waals surface area (Å²) in [7, 11) is 7.64. The van der Waals surface area contributed by atoms with Crippen molar-refractivity contribution in [3.05, 3.63) is 71.8 Å². The van der Waals surface area contributed by atoms with E-state index in [1.165, 1.54) is 21.9 Å². The Hall–Kier alpha value is -2.56. The molecule has 0 saturated heterocycles. The summed E-state index contributed by atoms with van der Waals surface area (Å²) in [5.74, 6) is 1.83. The first kappa shape index (κ1) is 19.2. The normalized spacial score (nSPS) is 12.3. The molecule has 0 radical (unpaired) electrons. The summed E-state index contributed by atoms with van der Waals surface area (Å²) in [4.78, 5) is 2.21. The van der Waals surface area contributed by atoms with Crippen molar-refractivity contribution in [1.29, 1.82) is 0 Å². The van der Waals surface area contributed by atoms with Gasteiger partial charge in [-0.3, -0.25) is 0 Å². The van der Waals surface area contributed by atoms with Crippen molar-refractivity contribution in [3.8, 4) is 11.5 Å². The monoisotopic (exact) mass is 364 g/mol. The van der Waals surface area contributed by atoms with Crippen molar-refractivity contribution >= 4 is 10.8 Å². The summed E-state index contributed by atoms with van der Waals surface area (Å²) in [6.07, 6.45) is 0. The molecule has 1 N–H and O–H groups in total. The number of hydrogen-bond acceptors (Lipinski definition) is 4. The number of nitrogens with zero attached hydrogens (tertiary/aromatic N) is 1. The molecule has 0 spiro atoms. The minimum absolute atomic E-state index is 0.210. The summed E-state index contributed by atoms with van der Waals surface area (Å²) in [5.41, 5.74) is 2.37. The van der Waals surface area contributed by atoms with Crippen LogP contribution in [0.2, 0.25) is 0 Å². The fourth-order valence-corrected chi connectivity index (χ4v) is 3.54. The number of rotatable bonds is 8. The zero-order valence-corrected chi connectivity index (χ0v) is 16.5. The van der Waals surface area contributed by atoms with Crippen LogP contribution in [0.5, 0.6) is 11.5 Å². The molecule has 0 aliphatic rings. The fraction of sp³-hybridized carbons (Fsp3) is 0.304. The number of hydrogen-bond donors (Lipinski definition) is 1. The van der Waals surface area contributed by atoms with Crippen LogP contribution in [0.1, 0.15) is 17.2 Å². The molecule has 142 valence electrons. The molecule has 3 aromatic rings. The second kappa shape index (κ2) is 8.89. The van der Waals surface area contributed by atoms with Gasteiger partial charge in [0.2, 0.25) is 0 Å². The zero-order valence-electron chi connectivity index (χ0n) is 16.5. The number of benzene rings is 3. The van der Waals surface area contributed by atoms with Gasteiger partial charge in [-0.15, -0.1) is 0 Å². The van der Waals surface area contributed by atoms with E-state index in [0.717, 1.165) is 24.6 Å². The predicted octanol–water partition coefficient (Wildman–Crippen LogP) is 4.25. The smallest absolute Gasteiger partial charge is 0.123 e. The molecule has 0 amide bonds. The first-order valence-electron chi connectivity index (χ1n) is 9.20. The molecule has 0 saturated carbocycles. The van der Waals surface area contributed by atoms with E-state index in [-0.39, 0.29) is 6.04 Å². The van der Waals surface area contributed by atoms with Crippen LogP contribution in [-0.2, 0) is 6.54 Å². The molecular weight excluding hydrogens is 336 g/mol. The van der Waals surface area contributed by atoms with Crippen LogP contribution >= 0.6 is 0 Å². The molecule has 0 aromatic heterocycles. The lowest BCUT2D eigenvalue weighted by Gasteiger charge is -2.27. The Morgan fingerprint density at radius 1 is 0.852 bits per heavy atom. The maximum Gasteiger partial charge on any atom is 0.123 e. The van der Waals surface area contributed by atoms with Gasteiger partial charge in [0.1, 0.15) is 11.5 Å². The molecule has 0 heterocycles. The molecule has 27 heavy (non-hydrogen) atoms. The van der Waals surface area contributed by atoms with Crippen molar-refractivity contribution in [3.63, 3.8) is 0 Å². The fourth-order valence-electron chi connectivity index (χ4n) is 3.54. The highest BCUT2D eigenvalue weighted by atomic mass is 16.5. The van der Waals surface area contributed by atoms with Gasteiger partial charge < -0.3 is 19.7 Å². The number of ether oxygens (including phenoxy) is 2. The largest absolute Gasteiger partial charge is 0.496 e. The number of para-hydroxylation sites is 1. The van der Waals surface area contributed by atoms with Gasteiger partial charge in [-0.2, -0.15) is 0 Å². The van der Waals surface area contributed by atoms with E-state index in [9.17, 15) is 0 Å². The standard InChI is InChI=1S/C23H28N2O2/c1-25(2)21(19-11-7-8-12-22(19)26-3)16-24-15-20-18-10-6-5-9-17(18)13-14-23(20)27-4/h5-14,21,24H,15-16H2,1-4H3/t21-/m1/s1. The molecule has 0 fully saturated rings. The zero-order chi connectivity index (χ0) is 19.2. The maximum atomic E-state index is 5.61. The Morgan fingerprint density at radius 2 is 1.56 bits per heavy atom. The third-order valence-corrected chi connectivity index (χ3v) is 4.98. The van der Waals surface area contributed by atoms with E-state index < -0.39 is 0 Å². The summed E-state index contributed by atoms with van der Waals surface area (Å²) >= 11 is 0. The van der Waals surface area contributed by atoms with Gasteiger partial charge in [0.05, 0.1) is 20.3 Å². The van der Waals surface area contributed by atoms with E-state index in [4.69, 9.17) is 9.47 Å². The number of likely N-dealkylation sites (N-methyl/N-ethyl adjacent to an activating group) is 1. The first-order chi connectivity index (χ1) is 13.2. The highest BCUT2D eigenvalue weighted by Gasteiger charge is 2.18. The lowest BCUT2D eigenvalue weighted by Crippen LogP contribution is -2.31. The van der Waals surface area contributed by atoms with Crippen LogP contribution in [0, 0.1) is 0 Å². The molecule has 3 aromatic carbocycles. The predicted molar refractivity (Wildman–Crippen MR) is 112 cm³/mol. The molecule has 4 nitrogen and oxygen atoms in total. The van der Waals surface area contributed by atoms with E-state index in [1.807, 2.05) is 18.2 Å². The van der Waals surface area contributed by atoms with Crippen LogP contribution in [0.3, 0.4) is 0 Å². The Morgan fingerprint density at radius 3 is 2.30 bits per heavy atom. The Kier molecular flexibility index (Phi) is 6.32. The quantitative estimate of drug-likeness (QED) is 0.648. The van der Waals surface area contributed by atoms with Gasteiger partial charge in [-0.05, 0) is 37.0 Å². The molecule has 1 atom stereocenters. The van der Waals surface area contributed by atoms with Crippen LogP contribution in [0.25, 0.3) is 10.8 Å². The van der Waals surface area contributed by atoms with Crippen molar-refractivity contribution in [2.75, 3.05) is 34.9 Å². The third-order valence-electron chi connectivity index (χ3n) is 4.98. The SMILES string of the molecule is COc1ccccc1[C@@H](CNCc1c(OC)ccc2ccccc12)N(C)C. The lowest BCUT2D eigenvalue weighted by molar-refractivity contribution is 0.278. The number of methoxy groups -OCH3 is 2. The van der Waals surface area contributed by atoms with Crippen LogP contribution in [-0.4, -0.2) is 39.8 Å². The van der Waals surface area contributed by atoms with E-state index in [0.29, 0.717) is 0 Å². The van der Waals surface area contributed by atoms with E-state index in [2.05, 4.69) is 66.8 Å². The summed E-state index contributed by atoms with van der Waals surface area (Å²) in [6, 6.07) is 21.0. The van der Waals surface area contributed by atoms with Crippen LogP contribution in [0.4, 0.5) is 0 Å². The lowest BCUT2D eigenvalue weighted by atomic mass is 10.0. The maximum absolute atomic E-state index is 5.61. The van der Waals surface area contributed by atoms with E-state index >= 15 is 0 Å². The van der Waals surface area contributed by atoms with Crippen molar-refractivity contribution in [2.24, 2.45) is 0 Å². The minimum Gasteiger partial charge on any atom is -0.496 e. The molecule has 0 aliphatic heterocycles. The summed E-state index contributed by atoms with van der Waals surface area (Å²) in [6.45, 7) is 1.55. The highest BCUT2D eigenvalue weighted by Crippen LogP contribution is 2.29. The van der Waals surface area contributed by atoms with Crippen molar-refractivity contribution < 1.29 is 9.47 Å². The van der Waals surface area contributed by atoms with Crippen molar-refractivity contribution in [1.82, 2.24) is 10.2 Å². The number of fused-ring (bicyclic) bond motifs is 1. The Bertz CT molecular complexity index is 892. The van der Waals surface area contributed by atoms with E-state index in [1.54, 1.807) is 14.2 Å². The second-order valence-corrected chi connectivity index (χ2v) is 6.82. The molecule has 0 unspecified atom stereocenters. The molecule has 3 rings (SSSR count).